The van der Waals surface area contributed by atoms with Gasteiger partial charge in [-0.15, -0.1) is 0 Å². The maximum absolute atomic E-state index is 12.8. The van der Waals surface area contributed by atoms with Gasteiger partial charge in [0.1, 0.15) is 0 Å². The summed E-state index contributed by atoms with van der Waals surface area (Å²) in [4.78, 5) is 19.8. The van der Waals surface area contributed by atoms with Crippen LogP contribution in [0.25, 0.3) is 0 Å². The normalized spacial score (nSPS) is 8.80. The van der Waals surface area contributed by atoms with Crippen LogP contribution >= 0.6 is 11.6 Å². The lowest BCUT2D eigenvalue weighted by molar-refractivity contribution is -0.387. The first-order chi connectivity index (χ1) is 7.02. The van der Waals surface area contributed by atoms with Crippen LogP contribution < -0.4 is 0 Å². The minimum Gasteiger partial charge on any atom is -0.276 e. The molecule has 4 nitrogen and oxygen atoms in total. The molecular weight excluding hydrogens is 225 g/mol. The van der Waals surface area contributed by atoms with Crippen LogP contribution in [0.1, 0.15) is 24.2 Å². The second-order valence-corrected chi connectivity index (χ2v) is 2.54. The van der Waals surface area contributed by atoms with Crippen LogP contribution in [-0.2, 0) is 0 Å². The van der Waals surface area contributed by atoms with Crippen LogP contribution in [-0.4, -0.2) is 10.2 Å². The molecule has 0 aliphatic carbocycles. The second-order valence-electron chi connectivity index (χ2n) is 2.20. The monoisotopic (exact) mass is 233 g/mol. The van der Waals surface area contributed by atoms with Gasteiger partial charge >= 0.3 is 5.69 Å². The van der Waals surface area contributed by atoms with Gasteiger partial charge in [-0.3, -0.25) is 14.9 Å². The first-order valence-corrected chi connectivity index (χ1v) is 4.54. The molecule has 0 bridgehead atoms. The average molecular weight is 234 g/mol. The molecule has 0 radical (unpaired) electrons. The van der Waals surface area contributed by atoms with E-state index in [1.165, 1.54) is 0 Å². The number of nitrogens with zero attached hydrogens (tertiary/aromatic N) is 1. The van der Waals surface area contributed by atoms with Crippen molar-refractivity contribution >= 4 is 22.5 Å². The van der Waals surface area contributed by atoms with Crippen LogP contribution in [0.4, 0.5) is 10.1 Å². The van der Waals surface area contributed by atoms with Crippen molar-refractivity contribution in [1.29, 1.82) is 0 Å². The quantitative estimate of drug-likeness (QED) is 0.448. The SMILES string of the molecule is CC.O=C(Cl)c1ccc([N+](=O)[O-])c(F)c1. The van der Waals surface area contributed by atoms with Crippen molar-refractivity contribution in [2.75, 3.05) is 0 Å². The topological polar surface area (TPSA) is 60.2 Å². The highest BCUT2D eigenvalue weighted by atomic mass is 35.5. The molecule has 0 atom stereocenters. The van der Waals surface area contributed by atoms with Crippen molar-refractivity contribution in [3.05, 3.63) is 39.7 Å². The Morgan fingerprint density at radius 1 is 1.47 bits per heavy atom. The molecule has 1 aromatic rings. The Morgan fingerprint density at radius 2 is 2.00 bits per heavy atom. The van der Waals surface area contributed by atoms with E-state index in [1.807, 2.05) is 13.8 Å². The third kappa shape index (κ3) is 3.63. The molecule has 6 heteroatoms. The van der Waals surface area contributed by atoms with Crippen LogP contribution in [0.5, 0.6) is 0 Å². The summed E-state index contributed by atoms with van der Waals surface area (Å²) in [6.07, 6.45) is 0. The molecule has 0 amide bonds. The van der Waals surface area contributed by atoms with Gasteiger partial charge in [0.2, 0.25) is 5.82 Å². The number of rotatable bonds is 2. The number of nitro benzene ring substituents is 1. The molecule has 0 heterocycles. The molecule has 0 fully saturated rings. The molecule has 15 heavy (non-hydrogen) atoms. The number of halogens is 2. The zero-order chi connectivity index (χ0) is 12.0. The van der Waals surface area contributed by atoms with E-state index in [-0.39, 0.29) is 5.56 Å². The van der Waals surface area contributed by atoms with Gasteiger partial charge in [-0.05, 0) is 23.7 Å². The second kappa shape index (κ2) is 6.08. The number of hydrogen-bond acceptors (Lipinski definition) is 3. The summed E-state index contributed by atoms with van der Waals surface area (Å²) in [5.41, 5.74) is -0.786. The lowest BCUT2D eigenvalue weighted by Gasteiger charge is -1.95. The van der Waals surface area contributed by atoms with Crippen LogP contribution in [0, 0.1) is 15.9 Å². The van der Waals surface area contributed by atoms with E-state index < -0.39 is 21.7 Å². The Labute approximate surface area is 90.8 Å². The molecule has 0 saturated heterocycles. The Hall–Kier alpha value is -1.49. The Kier molecular flexibility index (Phi) is 5.48. The molecule has 0 unspecified atom stereocenters. The maximum Gasteiger partial charge on any atom is 0.304 e. The number of hydrogen-bond donors (Lipinski definition) is 0. The van der Waals surface area contributed by atoms with E-state index in [4.69, 9.17) is 11.6 Å². The van der Waals surface area contributed by atoms with Crippen molar-refractivity contribution in [3.63, 3.8) is 0 Å². The highest BCUT2D eigenvalue weighted by molar-refractivity contribution is 6.67. The lowest BCUT2D eigenvalue weighted by atomic mass is 10.2. The fourth-order valence-electron chi connectivity index (χ4n) is 0.777. The van der Waals surface area contributed by atoms with Gasteiger partial charge in [0.05, 0.1) is 4.92 Å². The summed E-state index contributed by atoms with van der Waals surface area (Å²) in [6.45, 7) is 4.00. The standard InChI is InChI=1S/C7H3ClFNO3.C2H6/c8-7(11)4-1-2-6(10(12)13)5(9)3-4;1-2/h1-3H;1-2H3. The van der Waals surface area contributed by atoms with E-state index in [0.29, 0.717) is 0 Å². The van der Waals surface area contributed by atoms with Gasteiger partial charge in [-0.2, -0.15) is 4.39 Å². The number of nitro groups is 1. The molecular formula is C9H9ClFNO3. The number of carbonyl (C=O) groups excluding carboxylic acids is 1. The molecule has 0 aromatic heterocycles. The highest BCUT2D eigenvalue weighted by Crippen LogP contribution is 2.18. The summed E-state index contributed by atoms with van der Waals surface area (Å²) in [6, 6.07) is 2.72. The molecule has 0 N–H and O–H groups in total. The van der Waals surface area contributed by atoms with Crippen molar-refractivity contribution in [2.24, 2.45) is 0 Å². The van der Waals surface area contributed by atoms with Crippen molar-refractivity contribution in [2.45, 2.75) is 13.8 Å². The molecule has 1 aromatic carbocycles. The minimum absolute atomic E-state index is 0.107. The van der Waals surface area contributed by atoms with Crippen molar-refractivity contribution < 1.29 is 14.1 Å². The molecule has 1 rings (SSSR count). The highest BCUT2D eigenvalue weighted by Gasteiger charge is 2.15. The van der Waals surface area contributed by atoms with E-state index >= 15 is 0 Å². The van der Waals surface area contributed by atoms with Crippen molar-refractivity contribution in [3.8, 4) is 0 Å². The Morgan fingerprint density at radius 3 is 2.33 bits per heavy atom. The Balaban J connectivity index is 0.000000921. The molecule has 0 aliphatic rings. The van der Waals surface area contributed by atoms with Gasteiger partial charge in [0.25, 0.3) is 5.24 Å². The van der Waals surface area contributed by atoms with Gasteiger partial charge in [-0.1, -0.05) is 13.8 Å². The summed E-state index contributed by atoms with van der Waals surface area (Å²) >= 11 is 5.03. The molecule has 0 aliphatic heterocycles. The molecule has 0 saturated carbocycles. The van der Waals surface area contributed by atoms with E-state index in [2.05, 4.69) is 0 Å². The number of carbonyl (C=O) groups is 1. The van der Waals surface area contributed by atoms with Crippen molar-refractivity contribution in [1.82, 2.24) is 0 Å². The predicted octanol–water partition coefficient (Wildman–Crippen LogP) is 3.14. The molecule has 82 valence electrons. The van der Waals surface area contributed by atoms with Gasteiger partial charge in [-0.25, -0.2) is 0 Å². The van der Waals surface area contributed by atoms with E-state index in [0.717, 1.165) is 18.2 Å². The van der Waals surface area contributed by atoms with Crippen LogP contribution in [0.15, 0.2) is 18.2 Å². The third-order valence-corrected chi connectivity index (χ3v) is 1.59. The van der Waals surface area contributed by atoms with Crippen LogP contribution in [0.3, 0.4) is 0 Å². The van der Waals surface area contributed by atoms with Gasteiger partial charge in [0.15, 0.2) is 0 Å². The lowest BCUT2D eigenvalue weighted by Crippen LogP contribution is -1.95. The summed E-state index contributed by atoms with van der Waals surface area (Å²) in [5.74, 6) is -1.07. The first kappa shape index (κ1) is 13.5. The zero-order valence-corrected chi connectivity index (χ0v) is 8.92. The largest absolute Gasteiger partial charge is 0.304 e. The minimum atomic E-state index is -1.07. The number of benzene rings is 1. The predicted molar refractivity (Wildman–Crippen MR) is 54.6 cm³/mol. The summed E-state index contributed by atoms with van der Waals surface area (Å²) < 4.78 is 12.8. The fraction of sp³-hybridized carbons (Fsp3) is 0.222. The summed E-state index contributed by atoms with van der Waals surface area (Å²) in [7, 11) is 0. The van der Waals surface area contributed by atoms with Gasteiger partial charge < -0.3 is 0 Å². The van der Waals surface area contributed by atoms with Crippen LogP contribution in [0.2, 0.25) is 0 Å². The smallest absolute Gasteiger partial charge is 0.276 e. The van der Waals surface area contributed by atoms with Gasteiger partial charge in [0, 0.05) is 11.6 Å². The van der Waals surface area contributed by atoms with E-state index in [1.54, 1.807) is 0 Å². The third-order valence-electron chi connectivity index (χ3n) is 1.37. The maximum atomic E-state index is 12.8. The first-order valence-electron chi connectivity index (χ1n) is 4.16. The Bertz CT molecular complexity index is 382. The zero-order valence-electron chi connectivity index (χ0n) is 8.16. The van der Waals surface area contributed by atoms with E-state index in [9.17, 15) is 19.3 Å². The molecule has 0 spiro atoms. The average Bonchev–Trinajstić information content (AvgIpc) is 2.20. The summed E-state index contributed by atoms with van der Waals surface area (Å²) in [5, 5.41) is 9.30. The fourth-order valence-corrected chi connectivity index (χ4v) is 0.895.